The monoisotopic (exact) mass is 384 g/mol. The summed E-state index contributed by atoms with van der Waals surface area (Å²) in [4.78, 5) is 13.1. The number of hydrogen-bond donors (Lipinski definition) is 1. The highest BCUT2D eigenvalue weighted by Gasteiger charge is 2.51. The third-order valence-electron chi connectivity index (χ3n) is 5.60. The van der Waals surface area contributed by atoms with Crippen molar-refractivity contribution in [3.05, 3.63) is 83.2 Å². The molecule has 0 saturated heterocycles. The molecule has 5 heteroatoms. The summed E-state index contributed by atoms with van der Waals surface area (Å²) in [6, 6.07) is 18.8. The Hall–Kier alpha value is -3.31. The Balaban J connectivity index is 1.59. The van der Waals surface area contributed by atoms with Crippen molar-refractivity contribution in [1.29, 1.82) is 0 Å². The van der Waals surface area contributed by atoms with E-state index in [1.54, 1.807) is 18.2 Å². The Morgan fingerprint density at radius 1 is 0.931 bits per heavy atom. The van der Waals surface area contributed by atoms with Crippen LogP contribution in [-0.4, -0.2) is 21.1 Å². The van der Waals surface area contributed by atoms with E-state index in [4.69, 9.17) is 4.42 Å². The molecule has 0 saturated carbocycles. The maximum atomic E-state index is 13.1. The first-order chi connectivity index (χ1) is 13.8. The SMILES string of the molecule is CC(C)(C)c1ccc(-c2nnc(C3(O)C(=O)c4cccc5cccc3c45)o2)cc1. The van der Waals surface area contributed by atoms with Crippen LogP contribution in [0.25, 0.3) is 22.2 Å². The number of aliphatic hydroxyl groups is 1. The van der Waals surface area contributed by atoms with E-state index in [0.29, 0.717) is 11.1 Å². The lowest BCUT2D eigenvalue weighted by atomic mass is 9.87. The van der Waals surface area contributed by atoms with Gasteiger partial charge in [-0.25, -0.2) is 0 Å². The number of carbonyl (C=O) groups is 1. The van der Waals surface area contributed by atoms with Crippen LogP contribution in [0.3, 0.4) is 0 Å². The zero-order chi connectivity index (χ0) is 20.4. The van der Waals surface area contributed by atoms with Crippen molar-refractivity contribution >= 4 is 16.6 Å². The lowest BCUT2D eigenvalue weighted by molar-refractivity contribution is 0.0405. The Morgan fingerprint density at radius 2 is 1.62 bits per heavy atom. The molecule has 1 N–H and O–H groups in total. The predicted octanol–water partition coefficient (Wildman–Crippen LogP) is 4.62. The molecule has 3 aromatic carbocycles. The number of benzene rings is 3. The fourth-order valence-electron chi connectivity index (χ4n) is 3.96. The second kappa shape index (κ2) is 5.84. The van der Waals surface area contributed by atoms with Crippen LogP contribution in [0.15, 0.2) is 65.1 Å². The first-order valence-corrected chi connectivity index (χ1v) is 9.54. The van der Waals surface area contributed by atoms with Gasteiger partial charge in [-0.3, -0.25) is 4.79 Å². The summed E-state index contributed by atoms with van der Waals surface area (Å²) in [5.41, 5.74) is 0.937. The second-order valence-corrected chi connectivity index (χ2v) is 8.49. The summed E-state index contributed by atoms with van der Waals surface area (Å²) in [6.45, 7) is 6.44. The molecule has 1 atom stereocenters. The first kappa shape index (κ1) is 17.8. The average molecular weight is 384 g/mol. The molecular weight excluding hydrogens is 364 g/mol. The van der Waals surface area contributed by atoms with Gasteiger partial charge in [-0.2, -0.15) is 0 Å². The lowest BCUT2D eigenvalue weighted by Crippen LogP contribution is -2.33. The third kappa shape index (κ3) is 2.47. The number of Topliss-reactive ketones (excluding diaryl/α,β-unsaturated/α-hetero) is 1. The molecular formula is C24H20N2O3. The molecule has 5 nitrogen and oxygen atoms in total. The van der Waals surface area contributed by atoms with E-state index in [2.05, 4.69) is 31.0 Å². The predicted molar refractivity (Wildman–Crippen MR) is 110 cm³/mol. The summed E-state index contributed by atoms with van der Waals surface area (Å²) < 4.78 is 5.82. The number of aromatic nitrogens is 2. The number of nitrogens with zero attached hydrogens (tertiary/aromatic N) is 2. The summed E-state index contributed by atoms with van der Waals surface area (Å²) >= 11 is 0. The Labute approximate surface area is 168 Å². The van der Waals surface area contributed by atoms with Gasteiger partial charge in [0.05, 0.1) is 0 Å². The van der Waals surface area contributed by atoms with Gasteiger partial charge in [-0.1, -0.05) is 69.3 Å². The third-order valence-corrected chi connectivity index (χ3v) is 5.60. The van der Waals surface area contributed by atoms with Crippen molar-refractivity contribution in [3.8, 4) is 11.5 Å². The number of rotatable bonds is 2. The molecule has 5 rings (SSSR count). The molecule has 0 radical (unpaired) electrons. The molecule has 1 aromatic heterocycles. The van der Waals surface area contributed by atoms with Crippen LogP contribution in [0.5, 0.6) is 0 Å². The Kier molecular flexibility index (Phi) is 3.58. The van der Waals surface area contributed by atoms with Crippen molar-refractivity contribution in [3.63, 3.8) is 0 Å². The van der Waals surface area contributed by atoms with Crippen LogP contribution in [0, 0.1) is 0 Å². The van der Waals surface area contributed by atoms with Gasteiger partial charge in [0.15, 0.2) is 0 Å². The fourth-order valence-corrected chi connectivity index (χ4v) is 3.96. The smallest absolute Gasteiger partial charge is 0.261 e. The molecule has 0 bridgehead atoms. The van der Waals surface area contributed by atoms with Gasteiger partial charge in [0.25, 0.3) is 5.89 Å². The summed E-state index contributed by atoms with van der Waals surface area (Å²) in [7, 11) is 0. The zero-order valence-corrected chi connectivity index (χ0v) is 16.4. The quantitative estimate of drug-likeness (QED) is 0.546. The van der Waals surface area contributed by atoms with Crippen LogP contribution in [0.1, 0.15) is 48.1 Å². The molecule has 1 heterocycles. The zero-order valence-electron chi connectivity index (χ0n) is 16.4. The Bertz CT molecular complexity index is 1260. The largest absolute Gasteiger partial charge is 0.417 e. The van der Waals surface area contributed by atoms with E-state index < -0.39 is 11.4 Å². The van der Waals surface area contributed by atoms with Crippen molar-refractivity contribution in [2.45, 2.75) is 31.8 Å². The minimum absolute atomic E-state index is 0.0361. The van der Waals surface area contributed by atoms with E-state index in [9.17, 15) is 9.90 Å². The molecule has 1 aliphatic carbocycles. The highest BCUT2D eigenvalue weighted by atomic mass is 16.4. The van der Waals surface area contributed by atoms with E-state index in [1.165, 1.54) is 5.56 Å². The van der Waals surface area contributed by atoms with Crippen LogP contribution in [-0.2, 0) is 11.0 Å². The molecule has 0 fully saturated rings. The van der Waals surface area contributed by atoms with Gasteiger partial charge in [0.1, 0.15) is 0 Å². The molecule has 4 aromatic rings. The minimum atomic E-state index is -1.97. The second-order valence-electron chi connectivity index (χ2n) is 8.49. The summed E-state index contributed by atoms with van der Waals surface area (Å²) in [5, 5.41) is 21.2. The highest BCUT2D eigenvalue weighted by molar-refractivity contribution is 6.20. The molecule has 1 unspecified atom stereocenters. The van der Waals surface area contributed by atoms with E-state index >= 15 is 0 Å². The van der Waals surface area contributed by atoms with Gasteiger partial charge in [0, 0.05) is 16.7 Å². The number of carbonyl (C=O) groups excluding carboxylic acids is 1. The van der Waals surface area contributed by atoms with Crippen molar-refractivity contribution in [2.75, 3.05) is 0 Å². The molecule has 29 heavy (non-hydrogen) atoms. The number of hydrogen-bond acceptors (Lipinski definition) is 5. The molecule has 1 aliphatic rings. The highest BCUT2D eigenvalue weighted by Crippen LogP contribution is 2.44. The minimum Gasteiger partial charge on any atom is -0.417 e. The van der Waals surface area contributed by atoms with Crippen molar-refractivity contribution < 1.29 is 14.3 Å². The fraction of sp³-hybridized carbons (Fsp3) is 0.208. The van der Waals surface area contributed by atoms with Gasteiger partial charge >= 0.3 is 0 Å². The number of ketones is 1. The van der Waals surface area contributed by atoms with Crippen LogP contribution in [0.4, 0.5) is 0 Å². The lowest BCUT2D eigenvalue weighted by Gasteiger charge is -2.19. The summed E-state index contributed by atoms with van der Waals surface area (Å²) in [6.07, 6.45) is 0. The molecule has 0 aliphatic heterocycles. The van der Waals surface area contributed by atoms with E-state index in [0.717, 1.165) is 16.3 Å². The molecule has 0 spiro atoms. The standard InChI is InChI=1S/C24H20N2O3/c1-23(2,3)16-12-10-15(11-13-16)21-25-26-22(29-21)24(28)18-9-5-7-14-6-4-8-17(19(14)18)20(24)27/h4-13,28H,1-3H3. The van der Waals surface area contributed by atoms with Crippen LogP contribution < -0.4 is 0 Å². The molecule has 144 valence electrons. The van der Waals surface area contributed by atoms with E-state index in [-0.39, 0.29) is 17.2 Å². The average Bonchev–Trinajstić information content (AvgIpc) is 3.29. The topological polar surface area (TPSA) is 76.2 Å². The normalized spacial score (nSPS) is 18.6. The van der Waals surface area contributed by atoms with Crippen LogP contribution >= 0.6 is 0 Å². The van der Waals surface area contributed by atoms with Gasteiger partial charge in [0.2, 0.25) is 17.3 Å². The van der Waals surface area contributed by atoms with E-state index in [1.807, 2.05) is 42.5 Å². The van der Waals surface area contributed by atoms with Crippen molar-refractivity contribution in [2.24, 2.45) is 0 Å². The van der Waals surface area contributed by atoms with Crippen molar-refractivity contribution in [1.82, 2.24) is 10.2 Å². The molecule has 0 amide bonds. The van der Waals surface area contributed by atoms with Gasteiger partial charge < -0.3 is 9.52 Å². The summed E-state index contributed by atoms with van der Waals surface area (Å²) in [5.74, 6) is -0.284. The maximum Gasteiger partial charge on any atom is 0.261 e. The maximum absolute atomic E-state index is 13.1. The van der Waals surface area contributed by atoms with Gasteiger partial charge in [-0.05, 0) is 33.9 Å². The van der Waals surface area contributed by atoms with Gasteiger partial charge in [-0.15, -0.1) is 10.2 Å². The first-order valence-electron chi connectivity index (χ1n) is 9.54. The van der Waals surface area contributed by atoms with Crippen LogP contribution in [0.2, 0.25) is 0 Å². The Morgan fingerprint density at radius 3 is 2.31 bits per heavy atom.